The summed E-state index contributed by atoms with van der Waals surface area (Å²) in [6, 6.07) is 0. The Hall–Kier alpha value is -1.77. The number of hydrogen-bond acceptors (Lipinski definition) is 8. The van der Waals surface area contributed by atoms with E-state index in [2.05, 4.69) is 50.3 Å². The van der Waals surface area contributed by atoms with Crippen molar-refractivity contribution in [1.29, 1.82) is 0 Å². The lowest BCUT2D eigenvalue weighted by Crippen LogP contribution is -2.37. The van der Waals surface area contributed by atoms with Crippen molar-refractivity contribution in [2.75, 3.05) is 47.5 Å². The molecule has 0 aliphatic carbocycles. The van der Waals surface area contributed by atoms with Gasteiger partial charge in [0, 0.05) is 12.8 Å². The van der Waals surface area contributed by atoms with Crippen LogP contribution < -0.4 is 4.89 Å². The number of carbonyl (C=O) groups excluding carboxylic acids is 2. The predicted octanol–water partition coefficient (Wildman–Crippen LogP) is 10.7. The van der Waals surface area contributed by atoms with Crippen LogP contribution in [-0.4, -0.2) is 70.0 Å². The third kappa shape index (κ3) is 38.0. The molecule has 0 rings (SSSR count). The molecule has 0 saturated carbocycles. The van der Waals surface area contributed by atoms with Gasteiger partial charge >= 0.3 is 11.9 Å². The molecule has 0 aliphatic rings. The highest BCUT2D eigenvalue weighted by Gasteiger charge is 2.21. The van der Waals surface area contributed by atoms with Crippen LogP contribution >= 0.6 is 7.82 Å². The van der Waals surface area contributed by atoms with Crippen molar-refractivity contribution in [1.82, 2.24) is 0 Å². The van der Waals surface area contributed by atoms with Gasteiger partial charge in [-0.3, -0.25) is 14.2 Å². The van der Waals surface area contributed by atoms with Crippen molar-refractivity contribution in [2.45, 2.75) is 174 Å². The monoisotopic (exact) mass is 756 g/mol. The second-order valence-corrected chi connectivity index (χ2v) is 16.4. The molecule has 0 aliphatic heterocycles. The van der Waals surface area contributed by atoms with Gasteiger partial charge in [-0.05, 0) is 64.2 Å². The van der Waals surface area contributed by atoms with Gasteiger partial charge in [-0.1, -0.05) is 127 Å². The van der Waals surface area contributed by atoms with Gasteiger partial charge in [0.15, 0.2) is 6.10 Å². The van der Waals surface area contributed by atoms with Gasteiger partial charge in [-0.2, -0.15) is 0 Å². The summed E-state index contributed by atoms with van der Waals surface area (Å²) in [6.07, 6.45) is 37.4. The number of ether oxygens (including phenoxy) is 2. The largest absolute Gasteiger partial charge is 0.756 e. The quantitative estimate of drug-likeness (QED) is 0.0203. The van der Waals surface area contributed by atoms with Crippen LogP contribution in [-0.2, 0) is 32.7 Å². The van der Waals surface area contributed by atoms with E-state index in [-0.39, 0.29) is 26.1 Å². The first kappa shape index (κ1) is 50.2. The zero-order chi connectivity index (χ0) is 38.6. The van der Waals surface area contributed by atoms with E-state index < -0.39 is 32.5 Å². The molecule has 10 heteroatoms. The lowest BCUT2D eigenvalue weighted by Gasteiger charge is -2.28. The molecule has 0 spiro atoms. The predicted molar refractivity (Wildman–Crippen MR) is 213 cm³/mol. The van der Waals surface area contributed by atoms with Crippen LogP contribution in [0.2, 0.25) is 0 Å². The van der Waals surface area contributed by atoms with E-state index in [4.69, 9.17) is 18.5 Å². The number of esters is 2. The molecule has 0 amide bonds. The number of allylic oxidation sites excluding steroid dienone is 6. The summed E-state index contributed by atoms with van der Waals surface area (Å²) in [4.78, 5) is 37.4. The topological polar surface area (TPSA) is 111 Å². The number of rotatable bonds is 37. The average Bonchev–Trinajstić information content (AvgIpc) is 3.09. The Labute approximate surface area is 319 Å². The van der Waals surface area contributed by atoms with E-state index in [1.807, 2.05) is 21.1 Å². The first-order valence-corrected chi connectivity index (χ1v) is 22.2. The summed E-state index contributed by atoms with van der Waals surface area (Å²) in [5.41, 5.74) is 0. The van der Waals surface area contributed by atoms with Gasteiger partial charge in [0.2, 0.25) is 0 Å². The summed E-state index contributed by atoms with van der Waals surface area (Å²) in [7, 11) is 1.15. The molecule has 0 heterocycles. The number of likely N-dealkylation sites (N-methyl/N-ethyl adjacent to an activating group) is 1. The summed E-state index contributed by atoms with van der Waals surface area (Å²) in [5.74, 6) is -0.857. The maximum absolute atomic E-state index is 12.6. The van der Waals surface area contributed by atoms with Gasteiger partial charge in [-0.15, -0.1) is 0 Å². The molecular weight excluding hydrogens is 677 g/mol. The average molecular weight is 756 g/mol. The summed E-state index contributed by atoms with van der Waals surface area (Å²) >= 11 is 0. The molecule has 9 nitrogen and oxygen atoms in total. The maximum Gasteiger partial charge on any atom is 0.306 e. The summed E-state index contributed by atoms with van der Waals surface area (Å²) in [5, 5.41) is 0. The fraction of sp³-hybridized carbons (Fsp3) is 0.810. The van der Waals surface area contributed by atoms with Crippen molar-refractivity contribution in [3.8, 4) is 0 Å². The van der Waals surface area contributed by atoms with Gasteiger partial charge in [0.05, 0.1) is 27.7 Å². The molecule has 0 saturated heterocycles. The highest BCUT2D eigenvalue weighted by molar-refractivity contribution is 7.45. The van der Waals surface area contributed by atoms with E-state index in [9.17, 15) is 19.0 Å². The van der Waals surface area contributed by atoms with Gasteiger partial charge < -0.3 is 27.9 Å². The molecule has 0 bridgehead atoms. The van der Waals surface area contributed by atoms with Crippen LogP contribution in [0.15, 0.2) is 36.5 Å². The molecule has 0 fully saturated rings. The Morgan fingerprint density at radius 2 is 1.06 bits per heavy atom. The van der Waals surface area contributed by atoms with Crippen LogP contribution in [0.5, 0.6) is 0 Å². The van der Waals surface area contributed by atoms with Crippen LogP contribution in [0, 0.1) is 0 Å². The lowest BCUT2D eigenvalue weighted by molar-refractivity contribution is -0.870. The van der Waals surface area contributed by atoms with Crippen molar-refractivity contribution >= 4 is 19.8 Å². The number of nitrogens with zero attached hydrogens (tertiary/aromatic N) is 1. The number of unbranched alkanes of at least 4 members (excludes halogenated alkanes) is 17. The van der Waals surface area contributed by atoms with E-state index in [1.165, 1.54) is 57.8 Å². The minimum Gasteiger partial charge on any atom is -0.756 e. The fourth-order valence-electron chi connectivity index (χ4n) is 5.31. The Balaban J connectivity index is 4.38. The van der Waals surface area contributed by atoms with Crippen molar-refractivity contribution in [3.05, 3.63) is 36.5 Å². The third-order valence-electron chi connectivity index (χ3n) is 8.63. The molecule has 0 aromatic carbocycles. The first-order valence-electron chi connectivity index (χ1n) is 20.7. The second-order valence-electron chi connectivity index (χ2n) is 15.0. The third-order valence-corrected chi connectivity index (χ3v) is 9.60. The minimum absolute atomic E-state index is 0.0342. The van der Waals surface area contributed by atoms with Crippen molar-refractivity contribution in [2.24, 2.45) is 0 Å². The lowest BCUT2D eigenvalue weighted by atomic mass is 10.1. The molecule has 0 aromatic heterocycles. The number of quaternary nitrogens is 1. The Morgan fingerprint density at radius 1 is 0.596 bits per heavy atom. The standard InChI is InChI=1S/C42H78NO8P/c1-6-8-10-12-14-16-18-19-20-21-22-23-25-26-28-30-32-34-41(44)48-38-40(39-50-52(46,47)49-37-36-43(3,4)5)51-42(45)35-33-31-29-27-24-17-15-13-11-9-7-2/h13-16,19-20,40H,6-12,17-18,21-39H2,1-5H3/b15-13-,16-14-,20-19-/t40-/m1/s1. The van der Waals surface area contributed by atoms with E-state index in [1.54, 1.807) is 0 Å². The van der Waals surface area contributed by atoms with Gasteiger partial charge in [-0.25, -0.2) is 0 Å². The highest BCUT2D eigenvalue weighted by Crippen LogP contribution is 2.38. The highest BCUT2D eigenvalue weighted by atomic mass is 31.2. The van der Waals surface area contributed by atoms with Gasteiger partial charge in [0.25, 0.3) is 7.82 Å². The molecule has 304 valence electrons. The molecule has 52 heavy (non-hydrogen) atoms. The number of hydrogen-bond donors (Lipinski definition) is 0. The minimum atomic E-state index is -4.62. The summed E-state index contributed by atoms with van der Waals surface area (Å²) in [6.45, 7) is 4.13. The Bertz CT molecular complexity index is 991. The second kappa shape index (κ2) is 35.0. The molecule has 0 radical (unpaired) electrons. The summed E-state index contributed by atoms with van der Waals surface area (Å²) < 4.78 is 33.8. The number of phosphoric acid groups is 1. The van der Waals surface area contributed by atoms with Gasteiger partial charge in [0.1, 0.15) is 19.8 Å². The van der Waals surface area contributed by atoms with E-state index in [0.717, 1.165) is 77.0 Å². The van der Waals surface area contributed by atoms with Crippen LogP contribution in [0.4, 0.5) is 0 Å². The number of phosphoric ester groups is 1. The number of carbonyl (C=O) groups is 2. The zero-order valence-electron chi connectivity index (χ0n) is 34.0. The molecule has 0 aromatic rings. The fourth-order valence-corrected chi connectivity index (χ4v) is 6.04. The van der Waals surface area contributed by atoms with Crippen LogP contribution in [0.3, 0.4) is 0 Å². The van der Waals surface area contributed by atoms with Crippen molar-refractivity contribution < 1.29 is 42.1 Å². The molecule has 2 atom stereocenters. The molecular formula is C42H78NO8P. The van der Waals surface area contributed by atoms with Crippen LogP contribution in [0.25, 0.3) is 0 Å². The SMILES string of the molecule is CCCC/C=C\CCCCCCCC(=O)O[C@H](COC(=O)CCCCCCCCC/C=C\C/C=C\CCCCC)COP(=O)([O-])OCC[N+](C)(C)C. The van der Waals surface area contributed by atoms with E-state index in [0.29, 0.717) is 17.4 Å². The normalized spacial score (nSPS) is 14.0. The van der Waals surface area contributed by atoms with Crippen molar-refractivity contribution in [3.63, 3.8) is 0 Å². The molecule has 0 N–H and O–H groups in total. The first-order chi connectivity index (χ1) is 25.0. The smallest absolute Gasteiger partial charge is 0.306 e. The Morgan fingerprint density at radius 3 is 1.60 bits per heavy atom. The zero-order valence-corrected chi connectivity index (χ0v) is 34.9. The Kier molecular flexibility index (Phi) is 33.8. The molecule has 1 unspecified atom stereocenters. The maximum atomic E-state index is 12.6. The van der Waals surface area contributed by atoms with Crippen LogP contribution in [0.1, 0.15) is 168 Å². The van der Waals surface area contributed by atoms with E-state index >= 15 is 0 Å².